The van der Waals surface area contributed by atoms with Crippen LogP contribution in [0.1, 0.15) is 45.1 Å². The fourth-order valence-corrected chi connectivity index (χ4v) is 3.52. The van der Waals surface area contributed by atoms with E-state index in [2.05, 4.69) is 5.32 Å². The van der Waals surface area contributed by atoms with E-state index in [9.17, 15) is 14.0 Å². The Bertz CT molecular complexity index is 562. The standard InChI is InChI=1S/C20H29FN2O2/c1-3-23(4-2)20(25)17-9-7-16(8-10-17)19(24)22-14-13-15-5-11-18(21)12-6-15/h5-6,11-12,16-17H,3-4,7-10,13-14H2,1-2H3,(H,22,24). The predicted molar refractivity (Wildman–Crippen MR) is 96.5 cm³/mol. The first kappa shape index (κ1) is 19.4. The minimum Gasteiger partial charge on any atom is -0.356 e. The first-order valence-electron chi connectivity index (χ1n) is 9.36. The van der Waals surface area contributed by atoms with Crippen molar-refractivity contribution in [3.05, 3.63) is 35.6 Å². The van der Waals surface area contributed by atoms with Crippen molar-refractivity contribution < 1.29 is 14.0 Å². The molecule has 1 fully saturated rings. The molecule has 1 aliphatic carbocycles. The Labute approximate surface area is 149 Å². The lowest BCUT2D eigenvalue weighted by atomic mass is 9.81. The second kappa shape index (κ2) is 9.54. The molecule has 0 aromatic heterocycles. The van der Waals surface area contributed by atoms with Gasteiger partial charge >= 0.3 is 0 Å². The van der Waals surface area contributed by atoms with Gasteiger partial charge in [-0.1, -0.05) is 12.1 Å². The van der Waals surface area contributed by atoms with Crippen LogP contribution in [0.15, 0.2) is 24.3 Å². The number of halogens is 1. The highest BCUT2D eigenvalue weighted by molar-refractivity contribution is 5.81. The van der Waals surface area contributed by atoms with Crippen molar-refractivity contribution in [3.8, 4) is 0 Å². The Morgan fingerprint density at radius 3 is 2.16 bits per heavy atom. The lowest BCUT2D eigenvalue weighted by Crippen LogP contribution is -2.40. The van der Waals surface area contributed by atoms with Gasteiger partial charge in [0.1, 0.15) is 5.82 Å². The molecule has 1 saturated carbocycles. The molecule has 138 valence electrons. The highest BCUT2D eigenvalue weighted by Gasteiger charge is 2.31. The second-order valence-electron chi connectivity index (χ2n) is 6.73. The van der Waals surface area contributed by atoms with E-state index in [4.69, 9.17) is 0 Å². The minimum atomic E-state index is -0.246. The van der Waals surface area contributed by atoms with Gasteiger partial charge in [-0.15, -0.1) is 0 Å². The van der Waals surface area contributed by atoms with Crippen molar-refractivity contribution in [2.24, 2.45) is 11.8 Å². The maximum Gasteiger partial charge on any atom is 0.225 e. The van der Waals surface area contributed by atoms with Crippen molar-refractivity contribution in [2.75, 3.05) is 19.6 Å². The highest BCUT2D eigenvalue weighted by atomic mass is 19.1. The maximum absolute atomic E-state index is 12.9. The van der Waals surface area contributed by atoms with Gasteiger partial charge in [-0.3, -0.25) is 9.59 Å². The average Bonchev–Trinajstić information content (AvgIpc) is 2.64. The predicted octanol–water partition coefficient (Wildman–Crippen LogP) is 3.16. The second-order valence-corrected chi connectivity index (χ2v) is 6.73. The van der Waals surface area contributed by atoms with Crippen LogP contribution in [0, 0.1) is 17.7 Å². The third kappa shape index (κ3) is 5.55. The molecule has 0 unspecified atom stereocenters. The molecule has 2 amide bonds. The van der Waals surface area contributed by atoms with Crippen LogP contribution in [0.5, 0.6) is 0 Å². The fourth-order valence-electron chi connectivity index (χ4n) is 3.52. The monoisotopic (exact) mass is 348 g/mol. The van der Waals surface area contributed by atoms with Gasteiger partial charge in [0.25, 0.3) is 0 Å². The highest BCUT2D eigenvalue weighted by Crippen LogP contribution is 2.30. The topological polar surface area (TPSA) is 49.4 Å². The van der Waals surface area contributed by atoms with Crippen LogP contribution in [-0.2, 0) is 16.0 Å². The van der Waals surface area contributed by atoms with Gasteiger partial charge in [0.15, 0.2) is 0 Å². The van der Waals surface area contributed by atoms with Crippen LogP contribution in [-0.4, -0.2) is 36.3 Å². The summed E-state index contributed by atoms with van der Waals surface area (Å²) in [5.41, 5.74) is 1.01. The molecule has 0 heterocycles. The molecule has 4 nitrogen and oxygen atoms in total. The van der Waals surface area contributed by atoms with Crippen LogP contribution in [0.25, 0.3) is 0 Å². The van der Waals surface area contributed by atoms with E-state index in [1.54, 1.807) is 12.1 Å². The summed E-state index contributed by atoms with van der Waals surface area (Å²) < 4.78 is 12.9. The van der Waals surface area contributed by atoms with Crippen LogP contribution in [0.3, 0.4) is 0 Å². The summed E-state index contributed by atoms with van der Waals surface area (Å²) in [5, 5.41) is 2.98. The van der Waals surface area contributed by atoms with E-state index < -0.39 is 0 Å². The lowest BCUT2D eigenvalue weighted by Gasteiger charge is -2.30. The average molecular weight is 348 g/mol. The summed E-state index contributed by atoms with van der Waals surface area (Å²) >= 11 is 0. The number of benzene rings is 1. The van der Waals surface area contributed by atoms with Gasteiger partial charge < -0.3 is 10.2 Å². The van der Waals surface area contributed by atoms with E-state index in [0.29, 0.717) is 13.0 Å². The van der Waals surface area contributed by atoms with E-state index in [1.165, 1.54) is 12.1 Å². The SMILES string of the molecule is CCN(CC)C(=O)C1CCC(C(=O)NCCc2ccc(F)cc2)CC1. The molecule has 1 N–H and O–H groups in total. The fraction of sp³-hybridized carbons (Fsp3) is 0.600. The molecule has 1 aromatic rings. The molecule has 1 aliphatic rings. The number of nitrogens with one attached hydrogen (secondary N) is 1. The molecule has 0 bridgehead atoms. The van der Waals surface area contributed by atoms with Gasteiger partial charge in [-0.05, 0) is 63.6 Å². The number of carbonyl (C=O) groups excluding carboxylic acids is 2. The number of rotatable bonds is 7. The molecule has 0 aliphatic heterocycles. The summed E-state index contributed by atoms with van der Waals surface area (Å²) in [6, 6.07) is 6.35. The van der Waals surface area contributed by atoms with Crippen LogP contribution in [0.4, 0.5) is 4.39 Å². The molecule has 5 heteroatoms. The molecule has 0 radical (unpaired) electrons. The number of nitrogens with zero attached hydrogens (tertiary/aromatic N) is 1. The summed E-state index contributed by atoms with van der Waals surface area (Å²) in [5.74, 6) is 0.150. The van der Waals surface area contributed by atoms with Crippen LogP contribution >= 0.6 is 0 Å². The number of hydrogen-bond acceptors (Lipinski definition) is 2. The largest absolute Gasteiger partial charge is 0.356 e. The maximum atomic E-state index is 12.9. The number of carbonyl (C=O) groups is 2. The summed E-state index contributed by atoms with van der Waals surface area (Å²) in [6.45, 7) is 6.06. The minimum absolute atomic E-state index is 0.00831. The quantitative estimate of drug-likeness (QED) is 0.823. The molecule has 0 atom stereocenters. The molecular formula is C20H29FN2O2. The van der Waals surface area contributed by atoms with Crippen molar-refractivity contribution in [3.63, 3.8) is 0 Å². The van der Waals surface area contributed by atoms with Gasteiger partial charge in [0.2, 0.25) is 11.8 Å². The summed E-state index contributed by atoms with van der Waals surface area (Å²) in [7, 11) is 0. The van der Waals surface area contributed by atoms with E-state index in [1.807, 2.05) is 18.7 Å². The zero-order valence-electron chi connectivity index (χ0n) is 15.3. The van der Waals surface area contributed by atoms with Crippen LogP contribution in [0.2, 0.25) is 0 Å². The van der Waals surface area contributed by atoms with E-state index >= 15 is 0 Å². The third-order valence-corrected chi connectivity index (χ3v) is 5.15. The first-order chi connectivity index (χ1) is 12.0. The zero-order chi connectivity index (χ0) is 18.2. The van der Waals surface area contributed by atoms with Crippen molar-refractivity contribution in [1.29, 1.82) is 0 Å². The molecule has 0 spiro atoms. The molecule has 1 aromatic carbocycles. The van der Waals surface area contributed by atoms with Crippen molar-refractivity contribution >= 4 is 11.8 Å². The Morgan fingerprint density at radius 2 is 1.60 bits per heavy atom. The normalized spacial score (nSPS) is 20.1. The van der Waals surface area contributed by atoms with E-state index in [0.717, 1.165) is 44.3 Å². The summed E-state index contributed by atoms with van der Waals surface area (Å²) in [6.07, 6.45) is 3.85. The van der Waals surface area contributed by atoms with E-state index in [-0.39, 0.29) is 29.5 Å². The molecule has 2 rings (SSSR count). The molecular weight excluding hydrogens is 319 g/mol. The van der Waals surface area contributed by atoms with Crippen LogP contribution < -0.4 is 5.32 Å². The Balaban J connectivity index is 1.72. The third-order valence-electron chi connectivity index (χ3n) is 5.15. The van der Waals surface area contributed by atoms with Gasteiger partial charge in [0.05, 0.1) is 0 Å². The van der Waals surface area contributed by atoms with Crippen molar-refractivity contribution in [2.45, 2.75) is 46.0 Å². The van der Waals surface area contributed by atoms with Crippen molar-refractivity contribution in [1.82, 2.24) is 10.2 Å². The summed E-state index contributed by atoms with van der Waals surface area (Å²) in [4.78, 5) is 26.6. The molecule has 0 saturated heterocycles. The number of amides is 2. The smallest absolute Gasteiger partial charge is 0.225 e. The Morgan fingerprint density at radius 1 is 1.04 bits per heavy atom. The Kier molecular flexibility index (Phi) is 7.41. The van der Waals surface area contributed by atoms with Gasteiger partial charge in [-0.25, -0.2) is 4.39 Å². The lowest BCUT2D eigenvalue weighted by molar-refractivity contribution is -0.138. The van der Waals surface area contributed by atoms with Gasteiger partial charge in [0, 0.05) is 31.5 Å². The molecule has 25 heavy (non-hydrogen) atoms. The van der Waals surface area contributed by atoms with Gasteiger partial charge in [-0.2, -0.15) is 0 Å². The Hall–Kier alpha value is -1.91. The number of hydrogen-bond donors (Lipinski definition) is 1. The first-order valence-corrected chi connectivity index (χ1v) is 9.36. The zero-order valence-corrected chi connectivity index (χ0v) is 15.3.